The molecule has 0 aliphatic rings. The van der Waals surface area contributed by atoms with Crippen molar-refractivity contribution in [2.24, 2.45) is 0 Å². The third-order valence-electron chi connectivity index (χ3n) is 2.44. The van der Waals surface area contributed by atoms with Gasteiger partial charge < -0.3 is 10.2 Å². The smallest absolute Gasteiger partial charge is 0.253 e. The van der Waals surface area contributed by atoms with Gasteiger partial charge >= 0.3 is 0 Å². The molecule has 3 nitrogen and oxygen atoms in total. The third-order valence-corrected chi connectivity index (χ3v) is 2.44. The fourth-order valence-corrected chi connectivity index (χ4v) is 1.61. The zero-order chi connectivity index (χ0) is 12.7. The predicted molar refractivity (Wildman–Crippen MR) is 72.3 cm³/mol. The molecular weight excluding hydrogens is 212 g/mol. The van der Waals surface area contributed by atoms with E-state index in [2.05, 4.69) is 5.32 Å². The molecule has 0 aliphatic carbocycles. The quantitative estimate of drug-likeness (QED) is 0.846. The van der Waals surface area contributed by atoms with E-state index in [4.69, 9.17) is 0 Å². The van der Waals surface area contributed by atoms with Gasteiger partial charge in [-0.1, -0.05) is 25.1 Å². The number of rotatable bonds is 5. The number of para-hydroxylation sites is 1. The van der Waals surface area contributed by atoms with Crippen LogP contribution in [0.4, 0.5) is 5.69 Å². The van der Waals surface area contributed by atoms with Gasteiger partial charge in [0.05, 0.1) is 11.3 Å². The van der Waals surface area contributed by atoms with Gasteiger partial charge in [-0.15, -0.1) is 0 Å². The minimum absolute atomic E-state index is 0.0150. The highest BCUT2D eigenvalue weighted by atomic mass is 16.1. The highest BCUT2D eigenvalue weighted by molar-refractivity contribution is 5.99. The van der Waals surface area contributed by atoms with Crippen molar-refractivity contribution in [2.75, 3.05) is 18.5 Å². The van der Waals surface area contributed by atoms with Crippen LogP contribution in [0.2, 0.25) is 0 Å². The lowest BCUT2D eigenvalue weighted by Crippen LogP contribution is -2.26. The summed E-state index contributed by atoms with van der Waals surface area (Å²) in [5, 5.41) is 2.90. The van der Waals surface area contributed by atoms with Gasteiger partial charge in [0.2, 0.25) is 0 Å². The van der Waals surface area contributed by atoms with Crippen LogP contribution in [0.25, 0.3) is 0 Å². The van der Waals surface area contributed by atoms with Crippen molar-refractivity contribution in [1.29, 1.82) is 0 Å². The Kier molecular flexibility index (Phi) is 5.27. The van der Waals surface area contributed by atoms with Crippen molar-refractivity contribution in [3.63, 3.8) is 0 Å². The van der Waals surface area contributed by atoms with Gasteiger partial charge in [-0.2, -0.15) is 0 Å². The summed E-state index contributed by atoms with van der Waals surface area (Å²) < 4.78 is 0. The van der Waals surface area contributed by atoms with Crippen molar-refractivity contribution in [3.05, 3.63) is 42.1 Å². The summed E-state index contributed by atoms with van der Waals surface area (Å²) in [7, 11) is 1.94. The van der Waals surface area contributed by atoms with Crippen LogP contribution in [0, 0.1) is 0 Å². The maximum absolute atomic E-state index is 12.0. The molecule has 1 amide bonds. The highest BCUT2D eigenvalue weighted by Crippen LogP contribution is 2.19. The molecule has 0 aliphatic heterocycles. The summed E-state index contributed by atoms with van der Waals surface area (Å²) >= 11 is 0. The molecule has 0 atom stereocenters. The number of anilines is 1. The zero-order valence-corrected chi connectivity index (χ0v) is 10.7. The third kappa shape index (κ3) is 3.63. The van der Waals surface area contributed by atoms with Gasteiger partial charge in [-0.05, 0) is 31.7 Å². The van der Waals surface area contributed by atoms with Crippen molar-refractivity contribution < 1.29 is 4.79 Å². The average molecular weight is 232 g/mol. The van der Waals surface area contributed by atoms with Crippen LogP contribution < -0.4 is 10.2 Å². The Morgan fingerprint density at radius 1 is 1.41 bits per heavy atom. The Hall–Kier alpha value is -1.77. The monoisotopic (exact) mass is 232 g/mol. The maximum Gasteiger partial charge on any atom is 0.253 e. The first-order chi connectivity index (χ1) is 8.20. The molecule has 0 saturated heterocycles. The van der Waals surface area contributed by atoms with Gasteiger partial charge in [0, 0.05) is 13.6 Å². The van der Waals surface area contributed by atoms with Gasteiger partial charge in [0.15, 0.2) is 0 Å². The molecule has 0 fully saturated rings. The Morgan fingerprint density at radius 2 is 2.12 bits per heavy atom. The van der Waals surface area contributed by atoms with Crippen LogP contribution in [-0.2, 0) is 0 Å². The number of hydrogen-bond acceptors (Lipinski definition) is 2. The molecular formula is C14H20N2O. The first-order valence-electron chi connectivity index (χ1n) is 5.93. The summed E-state index contributed by atoms with van der Waals surface area (Å²) in [6, 6.07) is 7.61. The fourth-order valence-electron chi connectivity index (χ4n) is 1.61. The maximum atomic E-state index is 12.0. The minimum atomic E-state index is -0.0150. The Balaban J connectivity index is 2.95. The molecule has 92 valence electrons. The Bertz CT molecular complexity index is 399. The summed E-state index contributed by atoms with van der Waals surface area (Å²) in [5.41, 5.74) is 1.63. The van der Waals surface area contributed by atoms with Crippen molar-refractivity contribution >= 4 is 11.6 Å². The first-order valence-corrected chi connectivity index (χ1v) is 5.93. The molecule has 1 N–H and O–H groups in total. The molecule has 0 heterocycles. The Labute approximate surface area is 103 Å². The van der Waals surface area contributed by atoms with Crippen molar-refractivity contribution in [3.8, 4) is 0 Å². The van der Waals surface area contributed by atoms with Crippen LogP contribution >= 0.6 is 0 Å². The zero-order valence-electron chi connectivity index (χ0n) is 10.7. The standard InChI is InChI=1S/C14H20N2O/c1-4-10-15-14(17)12-8-6-7-9-13(12)16(3)11-5-2/h5-9,11H,4,10H2,1-3H3,(H,15,17)/b11-5-. The second kappa shape index (κ2) is 6.74. The lowest BCUT2D eigenvalue weighted by atomic mass is 10.1. The van der Waals surface area contributed by atoms with E-state index < -0.39 is 0 Å². The predicted octanol–water partition coefficient (Wildman–Crippen LogP) is 2.80. The average Bonchev–Trinajstić information content (AvgIpc) is 2.36. The van der Waals surface area contributed by atoms with Crippen LogP contribution in [0.1, 0.15) is 30.6 Å². The number of nitrogens with one attached hydrogen (secondary N) is 1. The van der Waals surface area contributed by atoms with Crippen molar-refractivity contribution in [2.45, 2.75) is 20.3 Å². The molecule has 0 saturated carbocycles. The van der Waals surface area contributed by atoms with Crippen molar-refractivity contribution in [1.82, 2.24) is 5.32 Å². The molecule has 1 aromatic carbocycles. The molecule has 0 radical (unpaired) electrons. The van der Waals surface area contributed by atoms with E-state index in [9.17, 15) is 4.79 Å². The van der Waals surface area contributed by atoms with Crippen LogP contribution in [-0.4, -0.2) is 19.5 Å². The van der Waals surface area contributed by atoms with Gasteiger partial charge in [-0.25, -0.2) is 0 Å². The molecule has 0 unspecified atom stereocenters. The summed E-state index contributed by atoms with van der Waals surface area (Å²) in [4.78, 5) is 13.9. The summed E-state index contributed by atoms with van der Waals surface area (Å²) in [6.07, 6.45) is 4.82. The van der Waals surface area contributed by atoms with Gasteiger partial charge in [0.25, 0.3) is 5.91 Å². The molecule has 17 heavy (non-hydrogen) atoms. The van der Waals surface area contributed by atoms with E-state index >= 15 is 0 Å². The minimum Gasteiger partial charge on any atom is -0.352 e. The molecule has 0 aromatic heterocycles. The summed E-state index contributed by atoms with van der Waals surface area (Å²) in [5.74, 6) is -0.0150. The first kappa shape index (κ1) is 13.3. The highest BCUT2D eigenvalue weighted by Gasteiger charge is 2.11. The van der Waals surface area contributed by atoms with E-state index in [0.29, 0.717) is 12.1 Å². The second-order valence-electron chi connectivity index (χ2n) is 3.87. The normalized spacial score (nSPS) is 10.5. The summed E-state index contributed by atoms with van der Waals surface area (Å²) in [6.45, 7) is 4.70. The SMILES string of the molecule is C/C=C\N(C)c1ccccc1C(=O)NCCC. The number of hydrogen-bond donors (Lipinski definition) is 1. The molecule has 1 rings (SSSR count). The number of carbonyl (C=O) groups excluding carboxylic acids is 1. The number of benzene rings is 1. The van der Waals surface area contributed by atoms with E-state index in [1.807, 2.05) is 62.3 Å². The van der Waals surface area contributed by atoms with E-state index in [1.54, 1.807) is 0 Å². The van der Waals surface area contributed by atoms with Crippen LogP contribution in [0.3, 0.4) is 0 Å². The second-order valence-corrected chi connectivity index (χ2v) is 3.87. The number of nitrogens with zero attached hydrogens (tertiary/aromatic N) is 1. The lowest BCUT2D eigenvalue weighted by molar-refractivity contribution is 0.0954. The van der Waals surface area contributed by atoms with E-state index in [0.717, 1.165) is 12.1 Å². The topological polar surface area (TPSA) is 32.3 Å². The fraction of sp³-hybridized carbons (Fsp3) is 0.357. The molecule has 0 bridgehead atoms. The molecule has 1 aromatic rings. The molecule has 3 heteroatoms. The lowest BCUT2D eigenvalue weighted by Gasteiger charge is -2.17. The Morgan fingerprint density at radius 3 is 2.76 bits per heavy atom. The largest absolute Gasteiger partial charge is 0.352 e. The van der Waals surface area contributed by atoms with E-state index in [1.165, 1.54) is 0 Å². The van der Waals surface area contributed by atoms with E-state index in [-0.39, 0.29) is 5.91 Å². The number of carbonyl (C=O) groups is 1. The van der Waals surface area contributed by atoms with Gasteiger partial charge in [0.1, 0.15) is 0 Å². The van der Waals surface area contributed by atoms with Crippen LogP contribution in [0.5, 0.6) is 0 Å². The van der Waals surface area contributed by atoms with Gasteiger partial charge in [-0.3, -0.25) is 4.79 Å². The number of amides is 1. The van der Waals surface area contributed by atoms with Crippen LogP contribution in [0.15, 0.2) is 36.5 Å². The number of allylic oxidation sites excluding steroid dienone is 1. The molecule has 0 spiro atoms.